The molecule has 0 amide bonds. The van der Waals surface area contributed by atoms with Crippen LogP contribution >= 0.6 is 0 Å². The van der Waals surface area contributed by atoms with Crippen LogP contribution < -0.4 is 0 Å². The largest absolute Gasteiger partial charge is 0.463 e. The molecule has 6 heteroatoms. The van der Waals surface area contributed by atoms with Crippen molar-refractivity contribution in [1.29, 1.82) is 0 Å². The zero-order chi connectivity index (χ0) is 18.6. The van der Waals surface area contributed by atoms with E-state index in [9.17, 15) is 17.8 Å². The van der Waals surface area contributed by atoms with Gasteiger partial charge in [0.15, 0.2) is 0 Å². The molecule has 2 rings (SSSR count). The number of ether oxygens (including phenoxy) is 1. The fourth-order valence-electron chi connectivity index (χ4n) is 2.68. The number of benzene rings is 2. The highest BCUT2D eigenvalue weighted by molar-refractivity contribution is 7.86. The van der Waals surface area contributed by atoms with Gasteiger partial charge < -0.3 is 4.74 Å². The molecule has 0 saturated heterocycles. The monoisotopic (exact) mass is 360 g/mol. The third-order valence-corrected chi connectivity index (χ3v) is 4.49. The van der Waals surface area contributed by atoms with Crippen molar-refractivity contribution < 1.29 is 22.5 Å². The molecule has 0 aliphatic rings. The second kappa shape index (κ2) is 7.63. The summed E-state index contributed by atoms with van der Waals surface area (Å²) in [6.07, 6.45) is 2.46. The van der Waals surface area contributed by atoms with Crippen molar-refractivity contribution in [3.8, 4) is 11.1 Å². The summed E-state index contributed by atoms with van der Waals surface area (Å²) in [5, 5.41) is 0. The number of carbonyl (C=O) groups excluding carboxylic acids is 1. The van der Waals surface area contributed by atoms with Crippen molar-refractivity contribution >= 4 is 22.2 Å². The maximum Gasteiger partial charge on any atom is 0.330 e. The Balaban J connectivity index is 2.66. The van der Waals surface area contributed by atoms with Crippen LogP contribution in [0, 0.1) is 13.8 Å². The van der Waals surface area contributed by atoms with Crippen molar-refractivity contribution in [2.75, 3.05) is 6.61 Å². The average molecular weight is 360 g/mol. The third kappa shape index (κ3) is 4.78. The van der Waals surface area contributed by atoms with Crippen molar-refractivity contribution in [2.45, 2.75) is 25.7 Å². The first-order valence-electron chi connectivity index (χ1n) is 7.76. The van der Waals surface area contributed by atoms with Gasteiger partial charge in [0.05, 0.1) is 6.61 Å². The predicted molar refractivity (Wildman–Crippen MR) is 96.8 cm³/mol. The van der Waals surface area contributed by atoms with E-state index in [-0.39, 0.29) is 17.1 Å². The lowest BCUT2D eigenvalue weighted by atomic mass is 9.99. The van der Waals surface area contributed by atoms with Crippen LogP contribution in [0.2, 0.25) is 0 Å². The van der Waals surface area contributed by atoms with Crippen molar-refractivity contribution in [3.05, 3.63) is 59.2 Å². The molecule has 0 aliphatic carbocycles. The first-order chi connectivity index (χ1) is 11.7. The number of hydrogen-bond acceptors (Lipinski definition) is 4. The molecule has 0 atom stereocenters. The van der Waals surface area contributed by atoms with Crippen molar-refractivity contribution in [2.24, 2.45) is 0 Å². The minimum atomic E-state index is -4.50. The minimum Gasteiger partial charge on any atom is -0.463 e. The molecule has 0 spiro atoms. The summed E-state index contributed by atoms with van der Waals surface area (Å²) in [6.45, 7) is 5.72. The zero-order valence-electron chi connectivity index (χ0n) is 14.3. The van der Waals surface area contributed by atoms with E-state index in [4.69, 9.17) is 4.74 Å². The number of hydrogen-bond donors (Lipinski definition) is 1. The number of rotatable bonds is 5. The van der Waals surface area contributed by atoms with Crippen LogP contribution in [0.5, 0.6) is 0 Å². The average Bonchev–Trinajstić information content (AvgIpc) is 2.51. The van der Waals surface area contributed by atoms with E-state index in [1.165, 1.54) is 12.1 Å². The Morgan fingerprint density at radius 3 is 2.36 bits per heavy atom. The van der Waals surface area contributed by atoms with Gasteiger partial charge in [-0.25, -0.2) is 4.79 Å². The molecule has 0 aliphatic heterocycles. The molecule has 0 saturated carbocycles. The fourth-order valence-corrected chi connectivity index (χ4v) is 3.58. The Hall–Kier alpha value is -2.44. The van der Waals surface area contributed by atoms with Gasteiger partial charge in [-0.05, 0) is 38.0 Å². The van der Waals surface area contributed by atoms with E-state index in [0.717, 1.165) is 17.2 Å². The van der Waals surface area contributed by atoms with Gasteiger partial charge in [-0.3, -0.25) is 4.55 Å². The van der Waals surface area contributed by atoms with Gasteiger partial charge in [-0.15, -0.1) is 0 Å². The molecule has 1 N–H and O–H groups in total. The summed E-state index contributed by atoms with van der Waals surface area (Å²) in [6, 6.07) is 10.5. The van der Waals surface area contributed by atoms with Crippen LogP contribution in [0.3, 0.4) is 0 Å². The van der Waals surface area contributed by atoms with Gasteiger partial charge in [0.1, 0.15) is 4.90 Å². The first kappa shape index (κ1) is 18.9. The molecule has 0 heterocycles. The van der Waals surface area contributed by atoms with Crippen LogP contribution in [0.1, 0.15) is 23.6 Å². The summed E-state index contributed by atoms with van der Waals surface area (Å²) >= 11 is 0. The predicted octanol–water partition coefficient (Wildman–Crippen LogP) is 3.79. The lowest BCUT2D eigenvalue weighted by Crippen LogP contribution is -2.04. The Labute approximate surface area is 147 Å². The summed E-state index contributed by atoms with van der Waals surface area (Å²) < 4.78 is 38.5. The van der Waals surface area contributed by atoms with E-state index in [1.54, 1.807) is 19.1 Å². The second-order valence-electron chi connectivity index (χ2n) is 5.66. The maximum atomic E-state index is 12.0. The molecule has 2 aromatic rings. The van der Waals surface area contributed by atoms with Crippen LogP contribution in [0.15, 0.2) is 47.4 Å². The summed E-state index contributed by atoms with van der Waals surface area (Å²) in [5.41, 5.74) is 3.22. The normalized spacial score (nSPS) is 11.7. The quantitative estimate of drug-likeness (QED) is 0.498. The number of esters is 1. The lowest BCUT2D eigenvalue weighted by molar-refractivity contribution is -0.137. The highest BCUT2D eigenvalue weighted by Crippen LogP contribution is 2.32. The Morgan fingerprint density at radius 1 is 1.16 bits per heavy atom. The smallest absolute Gasteiger partial charge is 0.330 e. The zero-order valence-corrected chi connectivity index (χ0v) is 15.1. The van der Waals surface area contributed by atoms with Crippen LogP contribution in [0.25, 0.3) is 17.2 Å². The van der Waals surface area contributed by atoms with Crippen molar-refractivity contribution in [1.82, 2.24) is 0 Å². The van der Waals surface area contributed by atoms with Crippen molar-refractivity contribution in [3.63, 3.8) is 0 Å². The third-order valence-electron chi connectivity index (χ3n) is 3.52. The van der Waals surface area contributed by atoms with Crippen LogP contribution in [-0.4, -0.2) is 25.5 Å². The highest BCUT2D eigenvalue weighted by atomic mass is 32.2. The molecule has 0 fully saturated rings. The van der Waals surface area contributed by atoms with Crippen LogP contribution in [-0.2, 0) is 19.6 Å². The molecule has 0 radical (unpaired) electrons. The molecular weight excluding hydrogens is 340 g/mol. The molecule has 5 nitrogen and oxygen atoms in total. The highest BCUT2D eigenvalue weighted by Gasteiger charge is 2.20. The van der Waals surface area contributed by atoms with Gasteiger partial charge in [0.2, 0.25) is 0 Å². The Bertz CT molecular complexity index is 907. The minimum absolute atomic E-state index is 0.215. The fraction of sp³-hybridized carbons (Fsp3) is 0.211. The number of carbonyl (C=O) groups is 1. The van der Waals surface area contributed by atoms with E-state index >= 15 is 0 Å². The summed E-state index contributed by atoms with van der Waals surface area (Å²) in [5.74, 6) is -0.583. The van der Waals surface area contributed by atoms with Crippen LogP contribution in [0.4, 0.5) is 0 Å². The standard InChI is InChI=1S/C19H20O5S/c1-4-24-18(20)9-8-15-6-5-7-17(19(15)25(21,22)23)16-11-13(2)10-14(3)12-16/h5-12H,4H2,1-3H3,(H,21,22,23)/b9-8+. The van der Waals surface area contributed by atoms with E-state index < -0.39 is 16.1 Å². The van der Waals surface area contributed by atoms with Gasteiger partial charge in [-0.2, -0.15) is 8.42 Å². The molecule has 0 unspecified atom stereocenters. The molecule has 132 valence electrons. The molecule has 2 aromatic carbocycles. The summed E-state index contributed by atoms with van der Waals surface area (Å²) in [4.78, 5) is 11.3. The van der Waals surface area contributed by atoms with Gasteiger partial charge in [-0.1, -0.05) is 47.5 Å². The molecule has 0 aromatic heterocycles. The first-order valence-corrected chi connectivity index (χ1v) is 9.20. The molecule has 25 heavy (non-hydrogen) atoms. The SMILES string of the molecule is CCOC(=O)/C=C/c1cccc(-c2cc(C)cc(C)c2)c1S(=O)(=O)O. The topological polar surface area (TPSA) is 80.7 Å². The van der Waals surface area contributed by atoms with Gasteiger partial charge in [0, 0.05) is 11.6 Å². The van der Waals surface area contributed by atoms with E-state index in [2.05, 4.69) is 0 Å². The summed E-state index contributed by atoms with van der Waals surface area (Å²) in [7, 11) is -4.50. The van der Waals surface area contributed by atoms with E-state index in [0.29, 0.717) is 11.1 Å². The van der Waals surface area contributed by atoms with Gasteiger partial charge in [0.25, 0.3) is 10.1 Å². The number of aryl methyl sites for hydroxylation is 2. The Kier molecular flexibility index (Phi) is 5.77. The molecule has 0 bridgehead atoms. The van der Waals surface area contributed by atoms with Gasteiger partial charge >= 0.3 is 5.97 Å². The maximum absolute atomic E-state index is 12.0. The molecular formula is C19H20O5S. The lowest BCUT2D eigenvalue weighted by Gasteiger charge is -2.12. The van der Waals surface area contributed by atoms with E-state index in [1.807, 2.05) is 32.0 Å². The second-order valence-corrected chi connectivity index (χ2v) is 7.02. The Morgan fingerprint density at radius 2 is 1.80 bits per heavy atom.